The van der Waals surface area contributed by atoms with E-state index in [-0.39, 0.29) is 46.7 Å². The van der Waals surface area contributed by atoms with Gasteiger partial charge in [-0.1, -0.05) is 206 Å². The van der Waals surface area contributed by atoms with Crippen LogP contribution in [0.5, 0.6) is 0 Å². The lowest BCUT2D eigenvalue weighted by Gasteiger charge is -2.26. The Balaban J connectivity index is 1.10. The van der Waals surface area contributed by atoms with Crippen LogP contribution in [0.1, 0.15) is 11.0 Å². The van der Waals surface area contributed by atoms with E-state index in [1.165, 1.54) is 4.90 Å². The second-order valence-corrected chi connectivity index (χ2v) is 15.1. The molecule has 11 aromatic rings. The molecule has 0 unspecified atom stereocenters. The van der Waals surface area contributed by atoms with Crippen LogP contribution in [0.25, 0.3) is 88.0 Å². The highest BCUT2D eigenvalue weighted by molar-refractivity contribution is 6.08. The summed E-state index contributed by atoms with van der Waals surface area (Å²) in [5.74, 6) is 0. The molecule has 11 rings (SSSR count). The molecular weight excluding hydrogens is 735 g/mol. The molecule has 0 aliphatic heterocycles. The van der Waals surface area contributed by atoms with Gasteiger partial charge in [-0.25, -0.2) is 0 Å². The minimum atomic E-state index is -0.397. The number of anilines is 3. The number of nitrogens with zero attached hydrogens (tertiary/aromatic N) is 1. The molecule has 1 nitrogen and oxygen atoms in total. The fourth-order valence-electron chi connectivity index (χ4n) is 8.34. The van der Waals surface area contributed by atoms with Crippen molar-refractivity contribution in [2.45, 2.75) is 0 Å². The van der Waals surface area contributed by atoms with E-state index in [2.05, 4.69) is 36.4 Å². The van der Waals surface area contributed by atoms with E-state index in [0.717, 1.165) is 65.7 Å². The lowest BCUT2D eigenvalue weighted by molar-refractivity contribution is 1.28. The van der Waals surface area contributed by atoms with Gasteiger partial charge in [0.15, 0.2) is 0 Å². The normalized spacial score (nSPS) is 13.1. The first kappa shape index (κ1) is 28.4. The van der Waals surface area contributed by atoms with Crippen LogP contribution in [0, 0.1) is 0 Å². The predicted octanol–water partition coefficient (Wildman–Crippen LogP) is 17.0. The van der Waals surface area contributed by atoms with Crippen LogP contribution < -0.4 is 4.90 Å². The van der Waals surface area contributed by atoms with Gasteiger partial charge in [0.25, 0.3) is 0 Å². The maximum atomic E-state index is 9.67. The van der Waals surface area contributed by atoms with Crippen molar-refractivity contribution in [2.24, 2.45) is 0 Å². The molecule has 0 aromatic heterocycles. The highest BCUT2D eigenvalue weighted by atomic mass is 15.1. The molecule has 0 atom stereocenters. The van der Waals surface area contributed by atoms with Gasteiger partial charge >= 0.3 is 0 Å². The SMILES string of the molecule is [2H]c1c([2H])c(N(c2ccc(-c3ccc4ccccc4c3-c3ccccc3)cc2)c2c([2H])c([2H])c(-c3ccc4c(ccc5ccccc54)c3)c([2H])c2[2H])c([2H])c([2H])c1-c1ccc(-c2ccccc2)cc1. The van der Waals surface area contributed by atoms with Crippen molar-refractivity contribution in [3.63, 3.8) is 0 Å². The van der Waals surface area contributed by atoms with E-state index < -0.39 is 24.2 Å². The Morgan fingerprint density at radius 1 is 0.262 bits per heavy atom. The van der Waals surface area contributed by atoms with Gasteiger partial charge in [0, 0.05) is 17.1 Å². The molecule has 11 aromatic carbocycles. The first-order valence-corrected chi connectivity index (χ1v) is 20.3. The number of hydrogen-bond acceptors (Lipinski definition) is 1. The van der Waals surface area contributed by atoms with Gasteiger partial charge in [0.05, 0.1) is 11.0 Å². The molecule has 0 saturated heterocycles. The zero-order chi connectivity index (χ0) is 47.5. The van der Waals surface area contributed by atoms with E-state index in [1.807, 2.05) is 140 Å². The van der Waals surface area contributed by atoms with Gasteiger partial charge in [0.1, 0.15) is 0 Å². The van der Waals surface area contributed by atoms with Crippen molar-refractivity contribution in [1.82, 2.24) is 0 Å². The van der Waals surface area contributed by atoms with E-state index >= 15 is 0 Å². The Kier molecular flexibility index (Phi) is 7.29. The molecular formula is C60H41N. The van der Waals surface area contributed by atoms with E-state index in [9.17, 15) is 11.0 Å². The van der Waals surface area contributed by atoms with Gasteiger partial charge < -0.3 is 4.90 Å². The van der Waals surface area contributed by atoms with Gasteiger partial charge in [-0.15, -0.1) is 0 Å². The van der Waals surface area contributed by atoms with Crippen LogP contribution in [-0.4, -0.2) is 0 Å². The molecule has 61 heavy (non-hydrogen) atoms. The summed E-state index contributed by atoms with van der Waals surface area (Å²) >= 11 is 0. The van der Waals surface area contributed by atoms with Crippen molar-refractivity contribution in [2.75, 3.05) is 4.90 Å². The molecule has 0 amide bonds. The third-order valence-corrected chi connectivity index (χ3v) is 11.4. The third-order valence-electron chi connectivity index (χ3n) is 11.4. The molecule has 286 valence electrons. The maximum Gasteiger partial charge on any atom is 0.0645 e. The summed E-state index contributed by atoms with van der Waals surface area (Å²) in [7, 11) is 0. The number of rotatable bonds is 8. The van der Waals surface area contributed by atoms with E-state index in [1.54, 1.807) is 24.3 Å². The quantitative estimate of drug-likeness (QED) is 0.139. The van der Waals surface area contributed by atoms with Crippen molar-refractivity contribution in [1.29, 1.82) is 0 Å². The Morgan fingerprint density at radius 2 is 0.705 bits per heavy atom. The molecule has 1 heteroatoms. The second-order valence-electron chi connectivity index (χ2n) is 15.1. The Morgan fingerprint density at radius 3 is 1.36 bits per heavy atom. The smallest absolute Gasteiger partial charge is 0.0645 e. The summed E-state index contributed by atoms with van der Waals surface area (Å²) in [5, 5.41) is 6.19. The molecule has 0 radical (unpaired) electrons. The minimum absolute atomic E-state index is 0.104. The molecule has 0 spiro atoms. The largest absolute Gasteiger partial charge is 0.311 e. The maximum absolute atomic E-state index is 9.67. The summed E-state index contributed by atoms with van der Waals surface area (Å²) in [6.45, 7) is 0. The van der Waals surface area contributed by atoms with E-state index in [4.69, 9.17) is 0 Å². The second kappa shape index (κ2) is 15.6. The van der Waals surface area contributed by atoms with Gasteiger partial charge in [-0.3, -0.25) is 0 Å². The highest BCUT2D eigenvalue weighted by Gasteiger charge is 2.16. The zero-order valence-corrected chi connectivity index (χ0v) is 33.0. The van der Waals surface area contributed by atoms with Crippen LogP contribution >= 0.6 is 0 Å². The van der Waals surface area contributed by atoms with Crippen LogP contribution in [0.4, 0.5) is 17.1 Å². The van der Waals surface area contributed by atoms with Crippen molar-refractivity contribution >= 4 is 49.4 Å². The van der Waals surface area contributed by atoms with Crippen molar-refractivity contribution < 1.29 is 11.0 Å². The average Bonchev–Trinajstić information content (AvgIpc) is 3.40. The van der Waals surface area contributed by atoms with Crippen LogP contribution in [0.3, 0.4) is 0 Å². The first-order chi connectivity index (χ1) is 33.6. The number of hydrogen-bond donors (Lipinski definition) is 0. The predicted molar refractivity (Wildman–Crippen MR) is 261 cm³/mol. The topological polar surface area (TPSA) is 3.24 Å². The Labute approximate surface area is 368 Å². The van der Waals surface area contributed by atoms with E-state index in [0.29, 0.717) is 16.8 Å². The number of fused-ring (bicyclic) bond motifs is 4. The average molecular weight is 784 g/mol. The summed E-state index contributed by atoms with van der Waals surface area (Å²) < 4.78 is 76.5. The summed E-state index contributed by atoms with van der Waals surface area (Å²) in [5.41, 5.74) is 6.97. The van der Waals surface area contributed by atoms with Crippen molar-refractivity contribution in [3.8, 4) is 55.6 Å². The summed E-state index contributed by atoms with van der Waals surface area (Å²) in [6.07, 6.45) is 0. The summed E-state index contributed by atoms with van der Waals surface area (Å²) in [6, 6.07) is 62.0. The lowest BCUT2D eigenvalue weighted by atomic mass is 9.90. The molecule has 0 bridgehead atoms. The van der Waals surface area contributed by atoms with Gasteiger partial charge in [-0.2, -0.15) is 0 Å². The van der Waals surface area contributed by atoms with Crippen LogP contribution in [0.15, 0.2) is 249 Å². The Hall–Kier alpha value is -8.00. The third kappa shape index (κ3) is 6.93. The fourth-order valence-corrected chi connectivity index (χ4v) is 8.34. The summed E-state index contributed by atoms with van der Waals surface area (Å²) in [4.78, 5) is 1.36. The number of benzene rings is 11. The highest BCUT2D eigenvalue weighted by Crippen LogP contribution is 2.42. The lowest BCUT2D eigenvalue weighted by Crippen LogP contribution is -2.09. The molecule has 0 fully saturated rings. The molecule has 0 aliphatic rings. The monoisotopic (exact) mass is 783 g/mol. The standard InChI is InChI=1S/C60H41N/c1-3-11-42(12-4-1)43-19-21-44(22-20-43)45-25-33-53(34-26-45)61(54-35-27-46(28-36-54)51-32-39-57-52(41-51)24-23-47-13-7-9-17-56(47)57)55-37-29-49(30-38-55)59-40-31-48-14-8-10-18-58(48)60(59)50-15-5-2-6-16-50/h1-41H/i25D,26D,27D,28D,33D,34D,35D,36D. The van der Waals surface area contributed by atoms with Gasteiger partial charge in [0.2, 0.25) is 0 Å². The zero-order valence-electron chi connectivity index (χ0n) is 41.0. The minimum Gasteiger partial charge on any atom is -0.311 e. The Bertz CT molecular complexity index is 3740. The fraction of sp³-hybridized carbons (Fsp3) is 0. The molecule has 0 heterocycles. The van der Waals surface area contributed by atoms with Crippen LogP contribution in [0.2, 0.25) is 0 Å². The van der Waals surface area contributed by atoms with Crippen molar-refractivity contribution in [3.05, 3.63) is 249 Å². The molecule has 0 N–H and O–H groups in total. The van der Waals surface area contributed by atoms with Gasteiger partial charge in [-0.05, 0) is 130 Å². The molecule has 0 aliphatic carbocycles. The van der Waals surface area contributed by atoms with Crippen LogP contribution in [-0.2, 0) is 0 Å². The first-order valence-electron chi connectivity index (χ1n) is 24.3. The molecule has 0 saturated carbocycles.